The zero-order chi connectivity index (χ0) is 82.0. The molecule has 4 atom stereocenters. The van der Waals surface area contributed by atoms with Crippen LogP contribution in [0.4, 0.5) is 22.7 Å². The average molecular weight is 1810 g/mol. The molecular weight excluding hydrogens is 1700 g/mol. The molecule has 8 saturated heterocycles. The van der Waals surface area contributed by atoms with Gasteiger partial charge in [0.2, 0.25) is 23.6 Å². The zero-order valence-corrected chi connectivity index (χ0v) is 71.9. The van der Waals surface area contributed by atoms with Gasteiger partial charge in [0.25, 0.3) is 0 Å². The Kier molecular flexibility index (Phi) is 26.3. The molecule has 9 aromatic heterocycles. The lowest BCUT2D eigenvalue weighted by molar-refractivity contribution is -0.135. The number of aromatic amines is 4. The van der Waals surface area contributed by atoms with Crippen molar-refractivity contribution in [2.45, 2.75) is 139 Å². The Bertz CT molecular complexity index is 5290. The Morgan fingerprint density at radius 1 is 0.458 bits per heavy atom. The Hall–Kier alpha value is -10.1. The fourth-order valence-electron chi connectivity index (χ4n) is 18.3. The molecule has 0 bridgehead atoms. The largest absolute Gasteiger partial charge is 0.466 e. The van der Waals surface area contributed by atoms with Crippen LogP contribution in [0.3, 0.4) is 0 Å². The van der Waals surface area contributed by atoms with E-state index in [0.717, 1.165) is 217 Å². The van der Waals surface area contributed by atoms with E-state index in [1.807, 2.05) is 80.9 Å². The van der Waals surface area contributed by atoms with E-state index in [1.165, 1.54) is 80.6 Å². The van der Waals surface area contributed by atoms with Crippen molar-refractivity contribution in [3.05, 3.63) is 128 Å². The minimum absolute atomic E-state index is 0.220. The number of H-pyrrole nitrogens is 4. The molecule has 10 aliphatic rings. The van der Waals surface area contributed by atoms with Gasteiger partial charge in [0.1, 0.15) is 3.70 Å². The van der Waals surface area contributed by atoms with Crippen LogP contribution in [-0.4, -0.2) is 277 Å². The number of aromatic nitrogens is 13. The predicted molar refractivity (Wildman–Crippen MR) is 477 cm³/mol. The monoisotopic (exact) mass is 1800 g/mol. The van der Waals surface area contributed by atoms with Crippen LogP contribution in [-0.2, 0) is 28.7 Å². The van der Waals surface area contributed by atoms with E-state index in [4.69, 9.17) is 4.74 Å². The smallest absolute Gasteiger partial charge is 0.330 e. The van der Waals surface area contributed by atoms with Crippen molar-refractivity contribution < 1.29 is 28.7 Å². The first-order valence-corrected chi connectivity index (χ1v) is 44.9. The van der Waals surface area contributed by atoms with Crippen LogP contribution in [0.1, 0.15) is 143 Å². The molecule has 17 heterocycles. The first kappa shape index (κ1) is 82.3. The SMILES string of the molecule is COC(=O)/C=C/c1[nH]nc2ncc(-c3ccccc3)c(N3CCN(C(=O)CC4CCCN4)CC3)c12.O=C(CC1CCCN1)N1CCN(c2c(Br)cnc3[nH]ncc23)CC1.O=C(CC1CCCN1)N1CCN(c2c(C3CC3)cnc3n[nH]c(/C=C/c4cccnc4)c23)CC1.O=C(CC1CCCN1)N1CCN(c2c(C3CC3)cnc3n[nH]c(I)c23)CC1. The van der Waals surface area contributed by atoms with Gasteiger partial charge >= 0.3 is 5.97 Å². The summed E-state index contributed by atoms with van der Waals surface area (Å²) in [6, 6.07) is 15.5. The van der Waals surface area contributed by atoms with Crippen LogP contribution in [0.2, 0.25) is 0 Å². The molecule has 2 aliphatic carbocycles. The fraction of sp³-hybridized carbons (Fsp3) is 0.494. The number of hydrogen-bond acceptors (Lipinski definition) is 23. The van der Waals surface area contributed by atoms with Gasteiger partial charge in [0.15, 0.2) is 22.6 Å². The standard InChI is InChI=1S/C26H31N7O.C26H30N6O3.C19H25IN6O.C16H21BrN6O/c34-23(15-20-4-2-10-28-20)32-11-13-33(14-12-32)25-21(19-6-7-19)17-29-26-24(25)22(30-31-26)8-5-18-3-1-9-27-16-18;1-35-23(34)10-9-21-24-25(20(17-28-26(24)30-29-21)18-6-3-2-4-7-18)32-14-12-31(13-15-32)22(33)16-19-8-5-11-27-19;20-18-16-17(14(12-3-4-12)11-22-19(16)24-23-18)26-8-6-25(7-9-26)15(27)10-13-2-1-5-21-13;17-13-10-19-16-12(9-20-21-16)15(13)23-6-4-22(5-7-23)14(24)8-11-2-1-3-18-11/h1,3,5,8-9,16-17,19-20,28H,2,4,6-7,10-15H2,(H,29,30,31);2-4,6-7,9-10,17,19,27H,5,8,11-16H2,1H3,(H,28,29,30);11-13,21H,1-10H2,(H,22,23,24);9-11,18H,1-8H2,(H,19,20,21)/b8-5+;10-9+;;. The number of anilines is 4. The summed E-state index contributed by atoms with van der Waals surface area (Å²) in [7, 11) is 1.35. The van der Waals surface area contributed by atoms with Gasteiger partial charge in [-0.1, -0.05) is 42.5 Å². The third-order valence-electron chi connectivity index (χ3n) is 25.1. The summed E-state index contributed by atoms with van der Waals surface area (Å²) in [5, 5.41) is 47.3. The maximum absolute atomic E-state index is 12.9. The molecule has 0 spiro atoms. The van der Waals surface area contributed by atoms with Crippen molar-refractivity contribution in [2.24, 2.45) is 0 Å². The average Bonchev–Trinajstić information content (AvgIpc) is 1.64. The third kappa shape index (κ3) is 19.3. The van der Waals surface area contributed by atoms with E-state index in [1.54, 1.807) is 18.5 Å². The van der Waals surface area contributed by atoms with Crippen LogP contribution in [0.25, 0.3) is 73.5 Å². The van der Waals surface area contributed by atoms with Crippen molar-refractivity contribution >= 4 is 153 Å². The number of amides is 4. The van der Waals surface area contributed by atoms with Crippen LogP contribution in [0.5, 0.6) is 0 Å². The minimum Gasteiger partial charge on any atom is -0.466 e. The number of nitrogens with zero attached hydrogens (tertiary/aromatic N) is 17. The molecule has 8 N–H and O–H groups in total. The van der Waals surface area contributed by atoms with Gasteiger partial charge in [-0.15, -0.1) is 0 Å². The highest BCUT2D eigenvalue weighted by Gasteiger charge is 2.37. The maximum Gasteiger partial charge on any atom is 0.330 e. The van der Waals surface area contributed by atoms with E-state index in [0.29, 0.717) is 105 Å². The number of piperazine rings is 4. The highest BCUT2D eigenvalue weighted by atomic mass is 127. The highest BCUT2D eigenvalue weighted by Crippen LogP contribution is 2.49. The van der Waals surface area contributed by atoms with Gasteiger partial charge < -0.3 is 65.2 Å². The molecule has 20 rings (SSSR count). The van der Waals surface area contributed by atoms with E-state index in [9.17, 15) is 24.0 Å². The normalized spacial score (nSPS) is 21.0. The lowest BCUT2D eigenvalue weighted by Crippen LogP contribution is -2.50. The Morgan fingerprint density at radius 2 is 0.900 bits per heavy atom. The first-order valence-electron chi connectivity index (χ1n) is 43.0. The fourth-order valence-corrected chi connectivity index (χ4v) is 19.5. The third-order valence-corrected chi connectivity index (χ3v) is 26.5. The van der Waals surface area contributed by atoms with Crippen molar-refractivity contribution in [3.8, 4) is 11.1 Å². The topological polar surface area (TPSA) is 348 Å². The number of methoxy groups -OCH3 is 1. The summed E-state index contributed by atoms with van der Waals surface area (Å²) in [5.74, 6) is 1.85. The molecule has 8 aliphatic heterocycles. The van der Waals surface area contributed by atoms with Crippen LogP contribution >= 0.6 is 38.5 Å². The van der Waals surface area contributed by atoms with Gasteiger partial charge in [0.05, 0.1) is 73.5 Å². The number of carbonyl (C=O) groups excluding carboxylic acids is 5. The number of esters is 1. The van der Waals surface area contributed by atoms with Crippen LogP contribution in [0, 0.1) is 3.70 Å². The molecule has 10 fully saturated rings. The van der Waals surface area contributed by atoms with Gasteiger partial charge in [-0.05, 0) is 194 Å². The molecule has 10 aromatic rings. The van der Waals surface area contributed by atoms with Crippen molar-refractivity contribution in [1.82, 2.24) is 107 Å². The molecule has 2 saturated carbocycles. The number of rotatable bonds is 19. The second kappa shape index (κ2) is 38.3. The summed E-state index contributed by atoms with van der Waals surface area (Å²) in [5.41, 5.74) is 15.0. The van der Waals surface area contributed by atoms with Crippen molar-refractivity contribution in [2.75, 3.05) is 158 Å². The summed E-state index contributed by atoms with van der Waals surface area (Å²) in [6.07, 6.45) is 36.8. The quantitative estimate of drug-likeness (QED) is 0.0212. The minimum atomic E-state index is -0.439. The molecule has 4 unspecified atom stereocenters. The summed E-state index contributed by atoms with van der Waals surface area (Å²) in [4.78, 5) is 103. The van der Waals surface area contributed by atoms with Crippen molar-refractivity contribution in [1.29, 1.82) is 0 Å². The Labute approximate surface area is 719 Å². The summed E-state index contributed by atoms with van der Waals surface area (Å²) < 4.78 is 6.77. The number of benzene rings is 1. The Balaban J connectivity index is 0.000000115. The number of halogens is 2. The summed E-state index contributed by atoms with van der Waals surface area (Å²) in [6.45, 7) is 16.6. The maximum atomic E-state index is 12.9. The van der Waals surface area contributed by atoms with Gasteiger partial charge in [0, 0.05) is 203 Å². The second-order valence-corrected chi connectivity index (χ2v) is 34.9. The molecule has 4 amide bonds. The number of pyridine rings is 5. The zero-order valence-electron chi connectivity index (χ0n) is 68.1. The van der Waals surface area contributed by atoms with Gasteiger partial charge in [-0.3, -0.25) is 44.6 Å². The molecule has 31 nitrogen and oxygen atoms in total. The van der Waals surface area contributed by atoms with Crippen LogP contribution in [0.15, 0.2) is 96.4 Å². The van der Waals surface area contributed by atoms with E-state index < -0.39 is 5.97 Å². The van der Waals surface area contributed by atoms with E-state index >= 15 is 0 Å². The summed E-state index contributed by atoms with van der Waals surface area (Å²) >= 11 is 5.93. The van der Waals surface area contributed by atoms with Gasteiger partial charge in [-0.25, -0.2) is 24.7 Å². The predicted octanol–water partition coefficient (Wildman–Crippen LogP) is 9.53. The number of carbonyl (C=O) groups is 5. The number of hydrogen-bond donors (Lipinski definition) is 8. The lowest BCUT2D eigenvalue weighted by atomic mass is 10.0. The van der Waals surface area contributed by atoms with Gasteiger partial charge in [-0.2, -0.15) is 20.4 Å². The molecule has 120 heavy (non-hydrogen) atoms. The second-order valence-electron chi connectivity index (χ2n) is 33.0. The number of ether oxygens (including phenoxy) is 1. The molecule has 630 valence electrons. The van der Waals surface area contributed by atoms with E-state index in [-0.39, 0.29) is 17.7 Å². The highest BCUT2D eigenvalue weighted by molar-refractivity contribution is 14.1. The van der Waals surface area contributed by atoms with Crippen molar-refractivity contribution in [3.63, 3.8) is 0 Å². The Morgan fingerprint density at radius 3 is 1.36 bits per heavy atom. The molecular formula is C87H107BrIN25O6. The molecule has 1 aromatic carbocycles. The number of fused-ring (bicyclic) bond motifs is 4. The lowest BCUT2D eigenvalue weighted by Gasteiger charge is -2.37. The first-order chi connectivity index (χ1) is 58.8. The molecule has 0 radical (unpaired) electrons. The van der Waals surface area contributed by atoms with Crippen LogP contribution < -0.4 is 40.9 Å². The molecule has 33 heteroatoms. The van der Waals surface area contributed by atoms with E-state index in [2.05, 4.69) is 169 Å². The number of nitrogens with one attached hydrogen (secondary N) is 8.